The van der Waals surface area contributed by atoms with E-state index in [1.165, 1.54) is 24.8 Å². The van der Waals surface area contributed by atoms with Crippen molar-refractivity contribution < 1.29 is 4.74 Å². The van der Waals surface area contributed by atoms with Gasteiger partial charge >= 0.3 is 0 Å². The standard InChI is InChI=1S/C13H19NO.ClH/c1-2-15-12-8-6-11(7-9-12)13-5-3-4-10-14-13;/h6-9,13-14H,2-5,10H2,1H3;1H/t13-;/m1./s1. The molecule has 1 atom stereocenters. The third kappa shape index (κ3) is 3.39. The van der Waals surface area contributed by atoms with Gasteiger partial charge in [-0.15, -0.1) is 12.4 Å². The van der Waals surface area contributed by atoms with Crippen LogP contribution in [0.1, 0.15) is 37.8 Å². The third-order valence-electron chi connectivity index (χ3n) is 2.90. The van der Waals surface area contributed by atoms with Gasteiger partial charge in [-0.3, -0.25) is 0 Å². The van der Waals surface area contributed by atoms with Crippen molar-refractivity contribution in [2.75, 3.05) is 13.2 Å². The molecular formula is C13H20ClNO. The second-order valence-electron chi connectivity index (χ2n) is 4.00. The van der Waals surface area contributed by atoms with Crippen LogP contribution < -0.4 is 10.1 Å². The fourth-order valence-corrected chi connectivity index (χ4v) is 2.10. The molecule has 1 heterocycles. The van der Waals surface area contributed by atoms with Crippen LogP contribution in [0.15, 0.2) is 24.3 Å². The SMILES string of the molecule is CCOc1ccc([C@H]2CCCCN2)cc1.Cl. The zero-order valence-corrected chi connectivity index (χ0v) is 10.6. The maximum absolute atomic E-state index is 5.43. The van der Waals surface area contributed by atoms with Gasteiger partial charge in [-0.25, -0.2) is 0 Å². The molecular weight excluding hydrogens is 222 g/mol. The zero-order chi connectivity index (χ0) is 10.5. The van der Waals surface area contributed by atoms with Crippen molar-refractivity contribution in [3.63, 3.8) is 0 Å². The summed E-state index contributed by atoms with van der Waals surface area (Å²) >= 11 is 0. The van der Waals surface area contributed by atoms with Gasteiger partial charge in [0.2, 0.25) is 0 Å². The van der Waals surface area contributed by atoms with Gasteiger partial charge in [-0.1, -0.05) is 18.6 Å². The van der Waals surface area contributed by atoms with E-state index in [2.05, 4.69) is 29.6 Å². The average molecular weight is 242 g/mol. The lowest BCUT2D eigenvalue weighted by Gasteiger charge is -2.23. The van der Waals surface area contributed by atoms with Crippen LogP contribution in [0.2, 0.25) is 0 Å². The lowest BCUT2D eigenvalue weighted by atomic mass is 9.98. The van der Waals surface area contributed by atoms with Crippen LogP contribution in [0.4, 0.5) is 0 Å². The van der Waals surface area contributed by atoms with E-state index in [1.54, 1.807) is 0 Å². The van der Waals surface area contributed by atoms with Crippen molar-refractivity contribution in [2.24, 2.45) is 0 Å². The number of hydrogen-bond acceptors (Lipinski definition) is 2. The van der Waals surface area contributed by atoms with Crippen LogP contribution in [0.3, 0.4) is 0 Å². The maximum atomic E-state index is 5.43. The van der Waals surface area contributed by atoms with E-state index in [9.17, 15) is 0 Å². The van der Waals surface area contributed by atoms with Crippen LogP contribution in [-0.4, -0.2) is 13.2 Å². The number of halogens is 1. The van der Waals surface area contributed by atoms with Crippen LogP contribution in [0, 0.1) is 0 Å². The summed E-state index contributed by atoms with van der Waals surface area (Å²) < 4.78 is 5.43. The molecule has 16 heavy (non-hydrogen) atoms. The molecule has 1 saturated heterocycles. The molecule has 1 N–H and O–H groups in total. The minimum atomic E-state index is 0. The molecule has 0 spiro atoms. The Balaban J connectivity index is 0.00000128. The lowest BCUT2D eigenvalue weighted by Crippen LogP contribution is -2.26. The average Bonchev–Trinajstić information content (AvgIpc) is 2.32. The van der Waals surface area contributed by atoms with Crippen molar-refractivity contribution in [2.45, 2.75) is 32.2 Å². The maximum Gasteiger partial charge on any atom is 0.119 e. The van der Waals surface area contributed by atoms with E-state index in [0.29, 0.717) is 6.04 Å². The van der Waals surface area contributed by atoms with Gasteiger partial charge in [-0.05, 0) is 44.0 Å². The molecule has 3 heteroatoms. The van der Waals surface area contributed by atoms with Gasteiger partial charge in [0.15, 0.2) is 0 Å². The first-order chi connectivity index (χ1) is 7.40. The summed E-state index contributed by atoms with van der Waals surface area (Å²) in [6, 6.07) is 9.03. The highest BCUT2D eigenvalue weighted by Crippen LogP contribution is 2.24. The van der Waals surface area contributed by atoms with Crippen molar-refractivity contribution >= 4 is 12.4 Å². The highest BCUT2D eigenvalue weighted by atomic mass is 35.5. The number of hydrogen-bond donors (Lipinski definition) is 1. The van der Waals surface area contributed by atoms with E-state index in [1.807, 2.05) is 6.92 Å². The first kappa shape index (κ1) is 13.3. The molecule has 1 aliphatic rings. The predicted octanol–water partition coefficient (Wildman–Crippen LogP) is 3.32. The highest BCUT2D eigenvalue weighted by Gasteiger charge is 2.13. The Bertz CT molecular complexity index is 293. The summed E-state index contributed by atoms with van der Waals surface area (Å²) in [6.45, 7) is 3.90. The Hall–Kier alpha value is -0.730. The Morgan fingerprint density at radius 3 is 2.56 bits per heavy atom. The van der Waals surface area contributed by atoms with Gasteiger partial charge in [0, 0.05) is 6.04 Å². The number of piperidine rings is 1. The smallest absolute Gasteiger partial charge is 0.119 e. The normalized spacial score (nSPS) is 19.9. The predicted molar refractivity (Wildman–Crippen MR) is 69.5 cm³/mol. The van der Waals surface area contributed by atoms with Crippen molar-refractivity contribution in [1.29, 1.82) is 0 Å². The molecule has 0 bridgehead atoms. The second-order valence-corrected chi connectivity index (χ2v) is 4.00. The van der Waals surface area contributed by atoms with Gasteiger partial charge in [0.25, 0.3) is 0 Å². The lowest BCUT2D eigenvalue weighted by molar-refractivity contribution is 0.339. The van der Waals surface area contributed by atoms with Crippen molar-refractivity contribution in [3.05, 3.63) is 29.8 Å². The minimum absolute atomic E-state index is 0. The van der Waals surface area contributed by atoms with Gasteiger partial charge in [0.1, 0.15) is 5.75 Å². The van der Waals surface area contributed by atoms with E-state index < -0.39 is 0 Å². The zero-order valence-electron chi connectivity index (χ0n) is 9.74. The summed E-state index contributed by atoms with van der Waals surface area (Å²) in [5, 5.41) is 3.55. The van der Waals surface area contributed by atoms with E-state index >= 15 is 0 Å². The molecule has 2 nitrogen and oxygen atoms in total. The molecule has 0 aliphatic carbocycles. The number of benzene rings is 1. The van der Waals surface area contributed by atoms with Crippen LogP contribution in [-0.2, 0) is 0 Å². The van der Waals surface area contributed by atoms with Gasteiger partial charge in [0.05, 0.1) is 6.61 Å². The largest absolute Gasteiger partial charge is 0.494 e. The fraction of sp³-hybridized carbons (Fsp3) is 0.538. The molecule has 0 saturated carbocycles. The molecule has 0 aromatic heterocycles. The first-order valence-electron chi connectivity index (χ1n) is 5.86. The molecule has 1 aliphatic heterocycles. The van der Waals surface area contributed by atoms with Gasteiger partial charge < -0.3 is 10.1 Å². The summed E-state index contributed by atoms with van der Waals surface area (Å²) in [7, 11) is 0. The minimum Gasteiger partial charge on any atom is -0.494 e. The topological polar surface area (TPSA) is 21.3 Å². The molecule has 2 rings (SSSR count). The first-order valence-corrected chi connectivity index (χ1v) is 5.86. The summed E-state index contributed by atoms with van der Waals surface area (Å²) in [5.41, 5.74) is 1.39. The summed E-state index contributed by atoms with van der Waals surface area (Å²) in [6.07, 6.45) is 3.91. The highest BCUT2D eigenvalue weighted by molar-refractivity contribution is 5.85. The second kappa shape index (κ2) is 6.77. The Morgan fingerprint density at radius 2 is 2.00 bits per heavy atom. The van der Waals surface area contributed by atoms with Crippen molar-refractivity contribution in [1.82, 2.24) is 5.32 Å². The van der Waals surface area contributed by atoms with E-state index in [-0.39, 0.29) is 12.4 Å². The van der Waals surface area contributed by atoms with Crippen LogP contribution in [0.25, 0.3) is 0 Å². The number of nitrogens with one attached hydrogen (secondary N) is 1. The molecule has 0 radical (unpaired) electrons. The summed E-state index contributed by atoms with van der Waals surface area (Å²) in [5.74, 6) is 0.969. The fourth-order valence-electron chi connectivity index (χ4n) is 2.10. The third-order valence-corrected chi connectivity index (χ3v) is 2.90. The quantitative estimate of drug-likeness (QED) is 0.877. The number of ether oxygens (including phenoxy) is 1. The van der Waals surface area contributed by atoms with E-state index in [4.69, 9.17) is 4.74 Å². The molecule has 90 valence electrons. The Kier molecular flexibility index (Phi) is 5.64. The van der Waals surface area contributed by atoms with Crippen LogP contribution in [0.5, 0.6) is 5.75 Å². The molecule has 1 aromatic carbocycles. The van der Waals surface area contributed by atoms with E-state index in [0.717, 1.165) is 18.9 Å². The van der Waals surface area contributed by atoms with Crippen molar-refractivity contribution in [3.8, 4) is 5.75 Å². The summed E-state index contributed by atoms with van der Waals surface area (Å²) in [4.78, 5) is 0. The number of rotatable bonds is 3. The van der Waals surface area contributed by atoms with Crippen LogP contribution >= 0.6 is 12.4 Å². The molecule has 1 fully saturated rings. The Morgan fingerprint density at radius 1 is 1.25 bits per heavy atom. The molecule has 1 aromatic rings. The molecule has 0 amide bonds. The Labute approximate surface area is 104 Å². The molecule has 0 unspecified atom stereocenters. The monoisotopic (exact) mass is 241 g/mol. The van der Waals surface area contributed by atoms with Gasteiger partial charge in [-0.2, -0.15) is 0 Å².